The van der Waals surface area contributed by atoms with Gasteiger partial charge in [-0.25, -0.2) is 8.42 Å². The molecule has 118 valence electrons. The van der Waals surface area contributed by atoms with Crippen LogP contribution in [0.3, 0.4) is 0 Å². The molecule has 22 heavy (non-hydrogen) atoms. The number of hydrogen-bond acceptors (Lipinski definition) is 6. The molecule has 0 bridgehead atoms. The molecule has 0 aliphatic heterocycles. The highest BCUT2D eigenvalue weighted by Crippen LogP contribution is 2.32. The van der Waals surface area contributed by atoms with Crippen LogP contribution in [-0.4, -0.2) is 19.6 Å². The predicted molar refractivity (Wildman–Crippen MR) is 87.2 cm³/mol. The lowest BCUT2D eigenvalue weighted by molar-refractivity contribution is -0.386. The van der Waals surface area contributed by atoms with E-state index in [0.29, 0.717) is 6.54 Å². The molecule has 8 heteroatoms. The number of benzene rings is 1. The van der Waals surface area contributed by atoms with Gasteiger partial charge in [0.25, 0.3) is 0 Å². The average molecular weight is 340 g/mol. The first kappa shape index (κ1) is 16.4. The van der Waals surface area contributed by atoms with E-state index in [-0.39, 0.29) is 10.6 Å². The van der Waals surface area contributed by atoms with Crippen molar-refractivity contribution < 1.29 is 13.3 Å². The van der Waals surface area contributed by atoms with Gasteiger partial charge in [-0.3, -0.25) is 10.1 Å². The highest BCUT2D eigenvalue weighted by molar-refractivity contribution is 7.90. The van der Waals surface area contributed by atoms with Crippen LogP contribution in [0.2, 0.25) is 0 Å². The van der Waals surface area contributed by atoms with Gasteiger partial charge < -0.3 is 5.32 Å². The predicted octanol–water partition coefficient (Wildman–Crippen LogP) is 3.23. The van der Waals surface area contributed by atoms with Crippen molar-refractivity contribution in [2.45, 2.75) is 24.8 Å². The fourth-order valence-electron chi connectivity index (χ4n) is 2.04. The van der Waals surface area contributed by atoms with E-state index < -0.39 is 20.4 Å². The molecule has 1 aromatic carbocycles. The van der Waals surface area contributed by atoms with Crippen molar-refractivity contribution in [3.05, 3.63) is 50.2 Å². The molecule has 0 radical (unpaired) electrons. The molecule has 0 spiro atoms. The van der Waals surface area contributed by atoms with Crippen LogP contribution in [0.25, 0.3) is 0 Å². The van der Waals surface area contributed by atoms with Crippen LogP contribution in [0.1, 0.15) is 16.7 Å². The molecule has 2 rings (SSSR count). The zero-order valence-corrected chi connectivity index (χ0v) is 13.8. The van der Waals surface area contributed by atoms with Gasteiger partial charge in [-0.15, -0.1) is 11.3 Å². The summed E-state index contributed by atoms with van der Waals surface area (Å²) < 4.78 is 23.4. The zero-order chi connectivity index (χ0) is 16.3. The van der Waals surface area contributed by atoms with Gasteiger partial charge in [-0.1, -0.05) is 13.0 Å². The maximum Gasteiger partial charge on any atom is 0.310 e. The zero-order valence-electron chi connectivity index (χ0n) is 12.2. The summed E-state index contributed by atoms with van der Waals surface area (Å²) in [5.41, 5.74) is -0.198. The first-order valence-corrected chi connectivity index (χ1v) is 9.32. The highest BCUT2D eigenvalue weighted by Gasteiger charge is 2.25. The van der Waals surface area contributed by atoms with Gasteiger partial charge in [0.15, 0.2) is 9.84 Å². The molecule has 1 aromatic heterocycles. The van der Waals surface area contributed by atoms with E-state index in [4.69, 9.17) is 0 Å². The Morgan fingerprint density at radius 1 is 1.23 bits per heavy atom. The Balaban J connectivity index is 2.32. The third kappa shape index (κ3) is 3.63. The van der Waals surface area contributed by atoms with E-state index in [1.165, 1.54) is 23.1 Å². The Morgan fingerprint density at radius 3 is 2.45 bits per heavy atom. The minimum absolute atomic E-state index is 0.208. The Labute approximate surface area is 132 Å². The number of para-hydroxylation sites is 1. The fourth-order valence-corrected chi connectivity index (χ4v) is 3.80. The topological polar surface area (TPSA) is 89.3 Å². The van der Waals surface area contributed by atoms with Crippen LogP contribution >= 0.6 is 11.3 Å². The largest absolute Gasteiger partial charge is 0.375 e. The number of aryl methyl sites for hydroxylation is 1. The third-order valence-electron chi connectivity index (χ3n) is 3.10. The van der Waals surface area contributed by atoms with Gasteiger partial charge in [0.1, 0.15) is 10.6 Å². The Morgan fingerprint density at radius 2 is 1.91 bits per heavy atom. The van der Waals surface area contributed by atoms with Gasteiger partial charge >= 0.3 is 5.69 Å². The smallest absolute Gasteiger partial charge is 0.310 e. The number of nitrogens with one attached hydrogen (secondary N) is 1. The van der Waals surface area contributed by atoms with Crippen molar-refractivity contribution in [3.8, 4) is 0 Å². The second-order valence-corrected chi connectivity index (χ2v) is 7.99. The number of nitrogens with zero attached hydrogens (tertiary/aromatic N) is 1. The summed E-state index contributed by atoms with van der Waals surface area (Å²) in [4.78, 5) is 12.6. The summed E-state index contributed by atoms with van der Waals surface area (Å²) >= 11 is 1.63. The number of hydrogen-bond donors (Lipinski definition) is 1. The van der Waals surface area contributed by atoms with E-state index in [1.807, 2.05) is 12.1 Å². The Hall–Kier alpha value is -1.93. The van der Waals surface area contributed by atoms with Crippen molar-refractivity contribution in [1.29, 1.82) is 0 Å². The van der Waals surface area contributed by atoms with E-state index in [1.54, 1.807) is 11.3 Å². The van der Waals surface area contributed by atoms with Crippen LogP contribution in [0.15, 0.2) is 35.2 Å². The number of nitro groups is 1. The lowest BCUT2D eigenvalue weighted by Gasteiger charge is -2.08. The van der Waals surface area contributed by atoms with Crippen molar-refractivity contribution in [2.24, 2.45) is 0 Å². The monoisotopic (exact) mass is 340 g/mol. The number of sulfone groups is 1. The van der Waals surface area contributed by atoms with Gasteiger partial charge in [-0.05, 0) is 30.7 Å². The maximum absolute atomic E-state index is 11.7. The molecule has 0 saturated carbocycles. The minimum Gasteiger partial charge on any atom is -0.375 e. The molecule has 6 nitrogen and oxygen atoms in total. The van der Waals surface area contributed by atoms with Crippen molar-refractivity contribution in [2.75, 3.05) is 11.6 Å². The fraction of sp³-hybridized carbons (Fsp3) is 0.286. The number of anilines is 1. The van der Waals surface area contributed by atoms with Crippen LogP contribution < -0.4 is 5.32 Å². The Kier molecular flexibility index (Phi) is 4.82. The Bertz CT molecular complexity index is 797. The summed E-state index contributed by atoms with van der Waals surface area (Å²) in [7, 11) is -3.66. The molecule has 1 N–H and O–H groups in total. The van der Waals surface area contributed by atoms with Gasteiger partial charge in [0.2, 0.25) is 0 Å². The van der Waals surface area contributed by atoms with Crippen molar-refractivity contribution >= 4 is 32.5 Å². The summed E-state index contributed by atoms with van der Waals surface area (Å²) in [6, 6.07) is 8.24. The second kappa shape index (κ2) is 6.45. The van der Waals surface area contributed by atoms with Crippen LogP contribution in [0, 0.1) is 10.1 Å². The summed E-state index contributed by atoms with van der Waals surface area (Å²) in [6.07, 6.45) is 1.90. The van der Waals surface area contributed by atoms with Crippen LogP contribution in [-0.2, 0) is 22.8 Å². The number of thiophene rings is 1. The van der Waals surface area contributed by atoms with Crippen LogP contribution in [0.4, 0.5) is 11.4 Å². The van der Waals surface area contributed by atoms with Crippen molar-refractivity contribution in [1.82, 2.24) is 0 Å². The van der Waals surface area contributed by atoms with E-state index in [0.717, 1.165) is 17.6 Å². The van der Waals surface area contributed by atoms with Gasteiger partial charge in [-0.2, -0.15) is 0 Å². The minimum atomic E-state index is -3.66. The number of rotatable bonds is 6. The molecule has 0 fully saturated rings. The summed E-state index contributed by atoms with van der Waals surface area (Å²) in [5, 5.41) is 14.2. The maximum atomic E-state index is 11.7. The van der Waals surface area contributed by atoms with Crippen LogP contribution in [0.5, 0.6) is 0 Å². The van der Waals surface area contributed by atoms with Gasteiger partial charge in [0.05, 0.1) is 4.92 Å². The van der Waals surface area contributed by atoms with E-state index in [2.05, 4.69) is 12.2 Å². The number of nitro benzene ring substituents is 1. The first-order chi connectivity index (χ1) is 10.3. The van der Waals surface area contributed by atoms with Crippen molar-refractivity contribution in [3.63, 3.8) is 0 Å². The van der Waals surface area contributed by atoms with E-state index in [9.17, 15) is 18.5 Å². The molecule has 0 unspecified atom stereocenters. The lowest BCUT2D eigenvalue weighted by Crippen LogP contribution is -2.07. The molecule has 0 atom stereocenters. The summed E-state index contributed by atoms with van der Waals surface area (Å²) in [5.74, 6) is 0. The second-order valence-electron chi connectivity index (χ2n) is 4.76. The SMILES string of the molecule is CCc1ccc(CNc2cccc(S(C)(=O)=O)c2[N+](=O)[O-])s1. The molecule has 0 amide bonds. The molecule has 2 aromatic rings. The standard InChI is InChI=1S/C14H16N2O4S2/c1-3-10-7-8-11(21-10)9-15-12-5-4-6-13(22(2,19)20)14(12)16(17)18/h4-8,15H,3,9H2,1-2H3. The average Bonchev–Trinajstić information content (AvgIpc) is 2.91. The molecule has 0 aliphatic rings. The highest BCUT2D eigenvalue weighted by atomic mass is 32.2. The quantitative estimate of drug-likeness (QED) is 0.644. The normalized spacial score (nSPS) is 11.4. The molecular weight excluding hydrogens is 324 g/mol. The molecule has 1 heterocycles. The molecule has 0 aliphatic carbocycles. The van der Waals surface area contributed by atoms with Gasteiger partial charge in [0, 0.05) is 22.6 Å². The first-order valence-electron chi connectivity index (χ1n) is 6.62. The van der Waals surface area contributed by atoms with E-state index >= 15 is 0 Å². The lowest BCUT2D eigenvalue weighted by atomic mass is 10.2. The summed E-state index contributed by atoms with van der Waals surface area (Å²) in [6.45, 7) is 2.47. The molecular formula is C14H16N2O4S2. The molecule has 0 saturated heterocycles. The third-order valence-corrected chi connectivity index (χ3v) is 5.46.